The van der Waals surface area contributed by atoms with E-state index < -0.39 is 0 Å². The Balaban J connectivity index is 2.15. The van der Waals surface area contributed by atoms with Crippen LogP contribution in [0.3, 0.4) is 0 Å². The van der Waals surface area contributed by atoms with E-state index in [1.54, 1.807) is 0 Å². The van der Waals surface area contributed by atoms with Gasteiger partial charge >= 0.3 is 0 Å². The first-order chi connectivity index (χ1) is 9.47. The van der Waals surface area contributed by atoms with E-state index in [-0.39, 0.29) is 0 Å². The summed E-state index contributed by atoms with van der Waals surface area (Å²) in [6.45, 7) is 15.4. The van der Waals surface area contributed by atoms with Gasteiger partial charge in [-0.05, 0) is 43.5 Å². The first-order valence-electron chi connectivity index (χ1n) is 7.49. The van der Waals surface area contributed by atoms with Gasteiger partial charge in [0.15, 0.2) is 0 Å². The molecule has 3 nitrogen and oxygen atoms in total. The lowest BCUT2D eigenvalue weighted by Gasteiger charge is -2.35. The number of morpholine rings is 1. The summed E-state index contributed by atoms with van der Waals surface area (Å²) in [7, 11) is 0. The maximum atomic E-state index is 5.78. The third-order valence-electron chi connectivity index (χ3n) is 3.68. The van der Waals surface area contributed by atoms with Crippen molar-refractivity contribution in [3.8, 4) is 0 Å². The molecule has 2 atom stereocenters. The van der Waals surface area contributed by atoms with E-state index in [9.17, 15) is 0 Å². The van der Waals surface area contributed by atoms with E-state index >= 15 is 0 Å². The van der Waals surface area contributed by atoms with E-state index in [4.69, 9.17) is 4.74 Å². The maximum Gasteiger partial charge on any atom is 0.0678 e. The monoisotopic (exact) mass is 274 g/mol. The normalized spacial score (nSPS) is 24.1. The van der Waals surface area contributed by atoms with E-state index in [1.807, 2.05) is 6.08 Å². The van der Waals surface area contributed by atoms with E-state index in [0.717, 1.165) is 31.0 Å². The number of rotatable bonds is 4. The van der Waals surface area contributed by atoms with Crippen LogP contribution in [0.25, 0.3) is 6.08 Å². The van der Waals surface area contributed by atoms with Gasteiger partial charge in [0.05, 0.1) is 23.6 Å². The molecule has 0 saturated carbocycles. The van der Waals surface area contributed by atoms with E-state index in [2.05, 4.69) is 56.3 Å². The topological polar surface area (TPSA) is 25.4 Å². The summed E-state index contributed by atoms with van der Waals surface area (Å²) in [5.74, 6) is 0.512. The van der Waals surface area contributed by atoms with Gasteiger partial charge in [-0.1, -0.05) is 20.4 Å². The molecule has 0 N–H and O–H groups in total. The molecule has 1 fully saturated rings. The number of hydrogen-bond donors (Lipinski definition) is 0. The number of ether oxygens (including phenoxy) is 1. The van der Waals surface area contributed by atoms with Crippen LogP contribution in [0.2, 0.25) is 0 Å². The summed E-state index contributed by atoms with van der Waals surface area (Å²) in [6.07, 6.45) is 2.43. The van der Waals surface area contributed by atoms with Crippen molar-refractivity contribution in [2.75, 3.05) is 13.1 Å². The Hall–Kier alpha value is -1.19. The second-order valence-electron chi connectivity index (χ2n) is 6.13. The third-order valence-corrected chi connectivity index (χ3v) is 3.68. The molecule has 0 bridgehead atoms. The van der Waals surface area contributed by atoms with Gasteiger partial charge in [0.2, 0.25) is 0 Å². The molecular weight excluding hydrogens is 248 g/mol. The molecule has 1 saturated heterocycles. The molecule has 2 rings (SSSR count). The largest absolute Gasteiger partial charge is 0.373 e. The molecule has 1 aliphatic rings. The van der Waals surface area contributed by atoms with Crippen molar-refractivity contribution in [1.29, 1.82) is 0 Å². The zero-order valence-electron chi connectivity index (χ0n) is 13.1. The molecule has 1 aromatic rings. The highest BCUT2D eigenvalue weighted by molar-refractivity contribution is 5.44. The fraction of sp³-hybridized carbons (Fsp3) is 0.588. The predicted octanol–water partition coefficient (Wildman–Crippen LogP) is 3.46. The average Bonchev–Trinajstić information content (AvgIpc) is 2.36. The zero-order valence-corrected chi connectivity index (χ0v) is 13.1. The van der Waals surface area contributed by atoms with Crippen molar-refractivity contribution in [1.82, 2.24) is 9.88 Å². The lowest BCUT2D eigenvalue weighted by atomic mass is 10.0. The van der Waals surface area contributed by atoms with Gasteiger partial charge in [0.1, 0.15) is 0 Å². The molecule has 0 amide bonds. The van der Waals surface area contributed by atoms with Gasteiger partial charge in [0.25, 0.3) is 0 Å². The molecule has 1 aliphatic heterocycles. The molecule has 1 aromatic heterocycles. The third kappa shape index (κ3) is 3.90. The first kappa shape index (κ1) is 15.2. The minimum absolute atomic E-state index is 0.297. The fourth-order valence-corrected chi connectivity index (χ4v) is 2.80. The second kappa shape index (κ2) is 6.51. The quantitative estimate of drug-likeness (QED) is 0.841. The molecule has 2 heterocycles. The summed E-state index contributed by atoms with van der Waals surface area (Å²) >= 11 is 0. The molecule has 0 aromatic carbocycles. The predicted molar refractivity (Wildman–Crippen MR) is 83.7 cm³/mol. The Morgan fingerprint density at radius 3 is 2.55 bits per heavy atom. The van der Waals surface area contributed by atoms with Crippen LogP contribution < -0.4 is 0 Å². The summed E-state index contributed by atoms with van der Waals surface area (Å²) < 4.78 is 5.78. The second-order valence-corrected chi connectivity index (χ2v) is 6.13. The van der Waals surface area contributed by atoms with Crippen LogP contribution in [0.1, 0.15) is 50.6 Å². The van der Waals surface area contributed by atoms with Crippen LogP contribution in [-0.2, 0) is 11.3 Å². The van der Waals surface area contributed by atoms with Crippen LogP contribution in [0.5, 0.6) is 0 Å². The highest BCUT2D eigenvalue weighted by Gasteiger charge is 2.22. The summed E-state index contributed by atoms with van der Waals surface area (Å²) in [5.41, 5.74) is 3.44. The minimum atomic E-state index is 0.297. The van der Waals surface area contributed by atoms with Crippen molar-refractivity contribution in [3.63, 3.8) is 0 Å². The summed E-state index contributed by atoms with van der Waals surface area (Å²) in [5, 5.41) is 0. The minimum Gasteiger partial charge on any atom is -0.373 e. The van der Waals surface area contributed by atoms with Crippen molar-refractivity contribution < 1.29 is 4.74 Å². The molecule has 0 spiro atoms. The highest BCUT2D eigenvalue weighted by atomic mass is 16.5. The van der Waals surface area contributed by atoms with Crippen molar-refractivity contribution in [2.45, 2.75) is 52.4 Å². The van der Waals surface area contributed by atoms with Crippen LogP contribution in [0.4, 0.5) is 0 Å². The summed E-state index contributed by atoms with van der Waals surface area (Å²) in [6, 6.07) is 4.36. The Labute approximate surface area is 122 Å². The molecular formula is C17H26N2O. The van der Waals surface area contributed by atoms with Gasteiger partial charge in [-0.2, -0.15) is 0 Å². The van der Waals surface area contributed by atoms with Crippen molar-refractivity contribution in [2.24, 2.45) is 0 Å². The van der Waals surface area contributed by atoms with E-state index in [1.165, 1.54) is 5.56 Å². The van der Waals surface area contributed by atoms with Crippen molar-refractivity contribution >= 4 is 6.08 Å². The first-order valence-corrected chi connectivity index (χ1v) is 7.49. The molecule has 3 heteroatoms. The Morgan fingerprint density at radius 1 is 1.35 bits per heavy atom. The standard InChI is InChI=1S/C17H26N2O/c1-6-16-7-15(12(2)3)8-17(18-16)11-19-9-13(4)20-14(5)10-19/h6-8,12-14H,1,9-11H2,2-5H3/t13-,14+. The molecule has 0 radical (unpaired) electrons. The smallest absolute Gasteiger partial charge is 0.0678 e. The van der Waals surface area contributed by atoms with Crippen LogP contribution in [0, 0.1) is 0 Å². The number of hydrogen-bond acceptors (Lipinski definition) is 3. The molecule has 20 heavy (non-hydrogen) atoms. The number of aromatic nitrogens is 1. The molecule has 0 unspecified atom stereocenters. The van der Waals surface area contributed by atoms with Crippen LogP contribution >= 0.6 is 0 Å². The van der Waals surface area contributed by atoms with Gasteiger partial charge in [-0.25, -0.2) is 0 Å². The highest BCUT2D eigenvalue weighted by Crippen LogP contribution is 2.19. The lowest BCUT2D eigenvalue weighted by Crippen LogP contribution is -2.44. The Morgan fingerprint density at radius 2 is 2.00 bits per heavy atom. The van der Waals surface area contributed by atoms with Crippen LogP contribution in [-0.4, -0.2) is 35.2 Å². The van der Waals surface area contributed by atoms with Crippen LogP contribution in [0.15, 0.2) is 18.7 Å². The maximum absolute atomic E-state index is 5.78. The number of pyridine rings is 1. The Bertz CT molecular complexity index is 460. The average molecular weight is 274 g/mol. The Kier molecular flexibility index (Phi) is 4.95. The van der Waals surface area contributed by atoms with Gasteiger partial charge in [-0.3, -0.25) is 9.88 Å². The van der Waals surface area contributed by atoms with Crippen molar-refractivity contribution in [3.05, 3.63) is 35.7 Å². The molecule has 110 valence electrons. The van der Waals surface area contributed by atoms with Gasteiger partial charge in [0, 0.05) is 19.6 Å². The van der Waals surface area contributed by atoms with E-state index in [0.29, 0.717) is 18.1 Å². The lowest BCUT2D eigenvalue weighted by molar-refractivity contribution is -0.0707. The van der Waals surface area contributed by atoms with Gasteiger partial charge in [-0.15, -0.1) is 0 Å². The summed E-state index contributed by atoms with van der Waals surface area (Å²) in [4.78, 5) is 7.11. The fourth-order valence-electron chi connectivity index (χ4n) is 2.80. The van der Waals surface area contributed by atoms with Gasteiger partial charge < -0.3 is 4.74 Å². The SMILES string of the molecule is C=Cc1cc(C(C)C)cc(CN2C[C@@H](C)O[C@@H](C)C2)n1. The number of nitrogens with zero attached hydrogens (tertiary/aromatic N) is 2. The zero-order chi connectivity index (χ0) is 14.7. The molecule has 0 aliphatic carbocycles.